The molecule has 1 aliphatic rings. The third-order valence-electron chi connectivity index (χ3n) is 4.34. The third-order valence-corrected chi connectivity index (χ3v) is 6.72. The minimum Gasteiger partial charge on any atom is -0.330 e. The number of halogens is 1. The molecule has 0 bridgehead atoms. The zero-order valence-corrected chi connectivity index (χ0v) is 14.1. The van der Waals surface area contributed by atoms with E-state index < -0.39 is 10.0 Å². The van der Waals surface area contributed by atoms with E-state index in [0.717, 1.165) is 24.8 Å². The minimum atomic E-state index is -3.54. The Balaban J connectivity index is 2.42. The van der Waals surface area contributed by atoms with Gasteiger partial charge in [-0.15, -0.1) is 0 Å². The van der Waals surface area contributed by atoms with Crippen LogP contribution in [0.2, 0.25) is 5.02 Å². The quantitative estimate of drug-likeness (QED) is 0.903. The lowest BCUT2D eigenvalue weighted by Crippen LogP contribution is -2.44. The Bertz CT molecular complexity index is 604. The van der Waals surface area contributed by atoms with E-state index in [1.165, 1.54) is 0 Å². The van der Waals surface area contributed by atoms with Crippen LogP contribution in [0.3, 0.4) is 0 Å². The molecule has 2 atom stereocenters. The van der Waals surface area contributed by atoms with Gasteiger partial charge in [0.2, 0.25) is 10.0 Å². The maximum atomic E-state index is 13.0. The van der Waals surface area contributed by atoms with Crippen molar-refractivity contribution >= 4 is 21.6 Å². The van der Waals surface area contributed by atoms with Crippen molar-refractivity contribution in [2.45, 2.75) is 44.0 Å². The smallest absolute Gasteiger partial charge is 0.243 e. The summed E-state index contributed by atoms with van der Waals surface area (Å²) in [5.41, 5.74) is 6.53. The Kier molecular flexibility index (Phi) is 5.30. The van der Waals surface area contributed by atoms with Crippen molar-refractivity contribution < 1.29 is 8.42 Å². The lowest BCUT2D eigenvalue weighted by Gasteiger charge is -2.31. The summed E-state index contributed by atoms with van der Waals surface area (Å²) in [6.45, 7) is 4.66. The van der Waals surface area contributed by atoms with Gasteiger partial charge in [0.1, 0.15) is 0 Å². The van der Waals surface area contributed by atoms with Crippen molar-refractivity contribution in [1.29, 1.82) is 0 Å². The molecule has 2 rings (SSSR count). The minimum absolute atomic E-state index is 0.00313. The van der Waals surface area contributed by atoms with E-state index >= 15 is 0 Å². The van der Waals surface area contributed by atoms with Gasteiger partial charge >= 0.3 is 0 Å². The van der Waals surface area contributed by atoms with E-state index in [-0.39, 0.29) is 12.0 Å². The van der Waals surface area contributed by atoms with E-state index in [4.69, 9.17) is 17.3 Å². The maximum Gasteiger partial charge on any atom is 0.243 e. The zero-order chi connectivity index (χ0) is 15.6. The van der Waals surface area contributed by atoms with Crippen LogP contribution in [-0.2, 0) is 10.0 Å². The standard InChI is InChI=1S/C15H23ClN2O2S/c1-3-18(14-6-4-5-12(14)10-17)21(19,20)15-9-13(16)8-7-11(15)2/h7-9,12,14H,3-6,10,17H2,1-2H3. The molecule has 1 aromatic carbocycles. The summed E-state index contributed by atoms with van der Waals surface area (Å²) in [7, 11) is -3.54. The van der Waals surface area contributed by atoms with Gasteiger partial charge in [0.05, 0.1) is 4.90 Å². The van der Waals surface area contributed by atoms with Crippen molar-refractivity contribution in [3.8, 4) is 0 Å². The van der Waals surface area contributed by atoms with E-state index in [9.17, 15) is 8.42 Å². The number of benzene rings is 1. The lowest BCUT2D eigenvalue weighted by molar-refractivity contribution is 0.276. The molecule has 118 valence electrons. The second kappa shape index (κ2) is 6.65. The van der Waals surface area contributed by atoms with Gasteiger partial charge in [-0.25, -0.2) is 8.42 Å². The molecule has 0 aliphatic heterocycles. The van der Waals surface area contributed by atoms with Crippen LogP contribution in [0.25, 0.3) is 0 Å². The molecule has 1 aromatic rings. The number of nitrogens with two attached hydrogens (primary N) is 1. The van der Waals surface area contributed by atoms with Crippen LogP contribution in [0, 0.1) is 12.8 Å². The van der Waals surface area contributed by atoms with Crippen molar-refractivity contribution in [3.05, 3.63) is 28.8 Å². The number of rotatable bonds is 5. The molecule has 2 N–H and O–H groups in total. The first-order chi connectivity index (χ1) is 9.91. The van der Waals surface area contributed by atoms with Crippen LogP contribution in [-0.4, -0.2) is 31.9 Å². The number of hydrogen-bond donors (Lipinski definition) is 1. The molecule has 1 fully saturated rings. The van der Waals surface area contributed by atoms with Gasteiger partial charge in [-0.3, -0.25) is 0 Å². The van der Waals surface area contributed by atoms with Crippen LogP contribution in [0.15, 0.2) is 23.1 Å². The summed E-state index contributed by atoms with van der Waals surface area (Å²) in [5, 5.41) is 0.442. The summed E-state index contributed by atoms with van der Waals surface area (Å²) in [6.07, 6.45) is 2.92. The normalized spacial score (nSPS) is 22.9. The summed E-state index contributed by atoms with van der Waals surface area (Å²) < 4.78 is 27.6. The van der Waals surface area contributed by atoms with Crippen LogP contribution < -0.4 is 5.73 Å². The molecule has 0 heterocycles. The second-order valence-corrected chi connectivity index (χ2v) is 7.91. The molecule has 0 radical (unpaired) electrons. The first-order valence-electron chi connectivity index (χ1n) is 7.39. The first kappa shape index (κ1) is 16.7. The van der Waals surface area contributed by atoms with Crippen LogP contribution >= 0.6 is 11.6 Å². The van der Waals surface area contributed by atoms with Crippen molar-refractivity contribution in [1.82, 2.24) is 4.31 Å². The predicted octanol–water partition coefficient (Wildman–Crippen LogP) is 2.79. The Hall–Kier alpha value is -0.620. The molecular formula is C15H23ClN2O2S. The first-order valence-corrected chi connectivity index (χ1v) is 9.21. The fraction of sp³-hybridized carbons (Fsp3) is 0.600. The van der Waals surface area contributed by atoms with Crippen LogP contribution in [0.1, 0.15) is 31.7 Å². The Morgan fingerprint density at radius 3 is 2.71 bits per heavy atom. The van der Waals surface area contributed by atoms with E-state index in [0.29, 0.717) is 23.0 Å². The zero-order valence-electron chi connectivity index (χ0n) is 12.5. The Labute approximate surface area is 132 Å². The molecule has 0 spiro atoms. The highest BCUT2D eigenvalue weighted by atomic mass is 35.5. The molecule has 4 nitrogen and oxygen atoms in total. The second-order valence-electron chi connectivity index (χ2n) is 5.61. The SMILES string of the molecule is CCN(C1CCCC1CN)S(=O)(=O)c1cc(Cl)ccc1C. The Morgan fingerprint density at radius 1 is 1.38 bits per heavy atom. The summed E-state index contributed by atoms with van der Waals surface area (Å²) in [6, 6.07) is 5.01. The topological polar surface area (TPSA) is 63.4 Å². The summed E-state index contributed by atoms with van der Waals surface area (Å²) in [5.74, 6) is 0.249. The van der Waals surface area contributed by atoms with Crippen molar-refractivity contribution in [3.63, 3.8) is 0 Å². The van der Waals surface area contributed by atoms with Gasteiger partial charge in [0, 0.05) is 17.6 Å². The number of nitrogens with zero attached hydrogens (tertiary/aromatic N) is 1. The molecule has 21 heavy (non-hydrogen) atoms. The van der Waals surface area contributed by atoms with Gasteiger partial charge in [0.15, 0.2) is 0 Å². The fourth-order valence-corrected chi connectivity index (χ4v) is 5.45. The average Bonchev–Trinajstić information content (AvgIpc) is 2.90. The van der Waals surface area contributed by atoms with E-state index in [2.05, 4.69) is 0 Å². The van der Waals surface area contributed by atoms with E-state index in [1.807, 2.05) is 6.92 Å². The number of aryl methyl sites for hydroxylation is 1. The molecular weight excluding hydrogens is 308 g/mol. The molecule has 0 saturated heterocycles. The average molecular weight is 331 g/mol. The predicted molar refractivity (Wildman–Crippen MR) is 85.9 cm³/mol. The Morgan fingerprint density at radius 2 is 2.10 bits per heavy atom. The summed E-state index contributed by atoms with van der Waals surface area (Å²) in [4.78, 5) is 0.305. The highest BCUT2D eigenvalue weighted by molar-refractivity contribution is 7.89. The van der Waals surface area contributed by atoms with Gasteiger partial charge in [0.25, 0.3) is 0 Å². The van der Waals surface area contributed by atoms with Crippen molar-refractivity contribution in [2.24, 2.45) is 11.7 Å². The third kappa shape index (κ3) is 3.26. The van der Waals surface area contributed by atoms with Gasteiger partial charge in [-0.1, -0.05) is 31.0 Å². The number of hydrogen-bond acceptors (Lipinski definition) is 3. The monoisotopic (exact) mass is 330 g/mol. The molecule has 6 heteroatoms. The maximum absolute atomic E-state index is 13.0. The molecule has 2 unspecified atom stereocenters. The molecule has 0 amide bonds. The van der Waals surface area contributed by atoms with Crippen LogP contribution in [0.4, 0.5) is 0 Å². The van der Waals surface area contributed by atoms with Crippen LogP contribution in [0.5, 0.6) is 0 Å². The van der Waals surface area contributed by atoms with Crippen molar-refractivity contribution in [2.75, 3.05) is 13.1 Å². The molecule has 0 aromatic heterocycles. The summed E-state index contributed by atoms with van der Waals surface area (Å²) >= 11 is 5.98. The van der Waals surface area contributed by atoms with Gasteiger partial charge < -0.3 is 5.73 Å². The van der Waals surface area contributed by atoms with Gasteiger partial charge in [-0.2, -0.15) is 4.31 Å². The highest BCUT2D eigenvalue weighted by Crippen LogP contribution is 2.34. The van der Waals surface area contributed by atoms with E-state index in [1.54, 1.807) is 29.4 Å². The lowest BCUT2D eigenvalue weighted by atomic mass is 10.0. The highest BCUT2D eigenvalue weighted by Gasteiger charge is 2.38. The molecule has 1 saturated carbocycles. The number of sulfonamides is 1. The fourth-order valence-electron chi connectivity index (χ4n) is 3.23. The van der Waals surface area contributed by atoms with Gasteiger partial charge in [-0.05, 0) is 49.9 Å². The molecule has 1 aliphatic carbocycles. The largest absolute Gasteiger partial charge is 0.330 e.